The lowest BCUT2D eigenvalue weighted by molar-refractivity contribution is 0.394. The van der Waals surface area contributed by atoms with Gasteiger partial charge in [0.1, 0.15) is 0 Å². The van der Waals surface area contributed by atoms with Crippen molar-refractivity contribution in [3.05, 3.63) is 28.1 Å². The lowest BCUT2D eigenvalue weighted by Gasteiger charge is -2.15. The summed E-state index contributed by atoms with van der Waals surface area (Å²) < 4.78 is 0. The number of aryl methyl sites for hydroxylation is 1. The van der Waals surface area contributed by atoms with Crippen molar-refractivity contribution in [1.29, 1.82) is 0 Å². The van der Waals surface area contributed by atoms with Crippen LogP contribution in [-0.4, -0.2) is 24.0 Å². The maximum atomic E-state index is 4.70. The van der Waals surface area contributed by atoms with E-state index in [1.165, 1.54) is 28.1 Å². The maximum Gasteiger partial charge on any atom is 0.0595 e. The molecule has 0 atom stereocenters. The van der Waals surface area contributed by atoms with Crippen LogP contribution >= 0.6 is 0 Å². The van der Waals surface area contributed by atoms with Crippen LogP contribution in [0.5, 0.6) is 0 Å². The van der Waals surface area contributed by atoms with Crippen molar-refractivity contribution in [2.75, 3.05) is 14.1 Å². The van der Waals surface area contributed by atoms with Gasteiger partial charge in [-0.15, -0.1) is 0 Å². The Morgan fingerprint density at radius 3 is 2.53 bits per heavy atom. The molecule has 0 aromatic carbocycles. The number of hydrogen-bond donors (Lipinski definition) is 1. The van der Waals surface area contributed by atoms with Crippen molar-refractivity contribution in [2.45, 2.75) is 33.5 Å². The molecule has 0 spiro atoms. The first-order valence-corrected chi connectivity index (χ1v) is 5.43. The molecule has 1 aliphatic rings. The minimum atomic E-state index is 0.936. The Morgan fingerprint density at radius 2 is 1.87 bits per heavy atom. The molecule has 0 saturated heterocycles. The molecule has 1 aromatic heterocycles. The third kappa shape index (κ3) is 1.90. The molecule has 3 nitrogen and oxygen atoms in total. The fraction of sp³-hybridized carbons (Fsp3) is 0.583. The lowest BCUT2D eigenvalue weighted by atomic mass is 10.0. The van der Waals surface area contributed by atoms with Crippen LogP contribution in [-0.2, 0) is 19.6 Å². The van der Waals surface area contributed by atoms with Crippen molar-refractivity contribution in [2.24, 2.45) is 0 Å². The average molecular weight is 205 g/mol. The van der Waals surface area contributed by atoms with Crippen molar-refractivity contribution >= 4 is 0 Å². The molecule has 15 heavy (non-hydrogen) atoms. The van der Waals surface area contributed by atoms with Crippen molar-refractivity contribution in [3.8, 4) is 0 Å². The van der Waals surface area contributed by atoms with Gasteiger partial charge in [0, 0.05) is 25.3 Å². The quantitative estimate of drug-likeness (QED) is 0.790. The zero-order valence-corrected chi connectivity index (χ0v) is 10.0. The SMILES string of the molecule is Cc1nc(CN(C)C)c2c(c1C)CNC2. The fourth-order valence-electron chi connectivity index (χ4n) is 2.16. The first-order chi connectivity index (χ1) is 7.09. The van der Waals surface area contributed by atoms with Gasteiger partial charge < -0.3 is 10.2 Å². The minimum absolute atomic E-state index is 0.936. The Kier molecular flexibility index (Phi) is 2.76. The number of fused-ring (bicyclic) bond motifs is 1. The summed E-state index contributed by atoms with van der Waals surface area (Å²) in [6, 6.07) is 0. The van der Waals surface area contributed by atoms with Crippen molar-refractivity contribution in [1.82, 2.24) is 15.2 Å². The molecule has 1 aromatic rings. The van der Waals surface area contributed by atoms with Crippen LogP contribution in [0.4, 0.5) is 0 Å². The Balaban J connectivity index is 2.47. The average Bonchev–Trinajstić information content (AvgIpc) is 2.61. The van der Waals surface area contributed by atoms with Gasteiger partial charge in [-0.2, -0.15) is 0 Å². The van der Waals surface area contributed by atoms with E-state index in [9.17, 15) is 0 Å². The van der Waals surface area contributed by atoms with E-state index in [2.05, 4.69) is 38.2 Å². The molecule has 1 N–H and O–H groups in total. The van der Waals surface area contributed by atoms with Crippen LogP contribution in [0.2, 0.25) is 0 Å². The molecular weight excluding hydrogens is 186 g/mol. The highest BCUT2D eigenvalue weighted by Crippen LogP contribution is 2.24. The highest BCUT2D eigenvalue weighted by atomic mass is 15.1. The minimum Gasteiger partial charge on any atom is -0.309 e. The van der Waals surface area contributed by atoms with E-state index in [0.29, 0.717) is 0 Å². The van der Waals surface area contributed by atoms with Crippen LogP contribution in [0.1, 0.15) is 28.1 Å². The normalized spacial score (nSPS) is 14.7. The van der Waals surface area contributed by atoms with E-state index in [4.69, 9.17) is 4.98 Å². The largest absolute Gasteiger partial charge is 0.309 e. The van der Waals surface area contributed by atoms with E-state index >= 15 is 0 Å². The first-order valence-electron chi connectivity index (χ1n) is 5.43. The molecular formula is C12H19N3. The van der Waals surface area contributed by atoms with Crippen molar-refractivity contribution < 1.29 is 0 Å². The number of hydrogen-bond acceptors (Lipinski definition) is 3. The van der Waals surface area contributed by atoms with Gasteiger partial charge in [0.25, 0.3) is 0 Å². The van der Waals surface area contributed by atoms with E-state index < -0.39 is 0 Å². The van der Waals surface area contributed by atoms with Crippen molar-refractivity contribution in [3.63, 3.8) is 0 Å². The summed E-state index contributed by atoms with van der Waals surface area (Å²) in [5.41, 5.74) is 6.67. The molecule has 1 aliphatic heterocycles. The molecule has 0 radical (unpaired) electrons. The lowest BCUT2D eigenvalue weighted by Crippen LogP contribution is -2.15. The standard InChI is InChI=1S/C12H19N3/c1-8-9(2)14-12(7-15(3)4)11-6-13-5-10(8)11/h13H,5-7H2,1-4H3. The predicted octanol–water partition coefficient (Wildman–Crippen LogP) is 1.36. The van der Waals surface area contributed by atoms with E-state index in [-0.39, 0.29) is 0 Å². The molecule has 0 unspecified atom stereocenters. The number of nitrogens with one attached hydrogen (secondary N) is 1. The van der Waals surface area contributed by atoms with Crippen LogP contribution in [0.3, 0.4) is 0 Å². The van der Waals surface area contributed by atoms with Crippen LogP contribution in [0.25, 0.3) is 0 Å². The summed E-state index contributed by atoms with van der Waals surface area (Å²) in [6.45, 7) is 7.20. The fourth-order valence-corrected chi connectivity index (χ4v) is 2.16. The second-order valence-electron chi connectivity index (χ2n) is 4.57. The Labute approximate surface area is 91.5 Å². The summed E-state index contributed by atoms with van der Waals surface area (Å²) in [6.07, 6.45) is 0. The van der Waals surface area contributed by atoms with Gasteiger partial charge in [-0.05, 0) is 44.6 Å². The smallest absolute Gasteiger partial charge is 0.0595 e. The van der Waals surface area contributed by atoms with Gasteiger partial charge in [0.2, 0.25) is 0 Å². The molecule has 2 heterocycles. The zero-order chi connectivity index (χ0) is 11.0. The second kappa shape index (κ2) is 3.91. The summed E-state index contributed by atoms with van der Waals surface area (Å²) in [5.74, 6) is 0. The predicted molar refractivity (Wildman–Crippen MR) is 61.6 cm³/mol. The monoisotopic (exact) mass is 205 g/mol. The van der Waals surface area contributed by atoms with Gasteiger partial charge in [-0.25, -0.2) is 0 Å². The van der Waals surface area contributed by atoms with Crippen LogP contribution in [0.15, 0.2) is 0 Å². The van der Waals surface area contributed by atoms with Gasteiger partial charge in [0.15, 0.2) is 0 Å². The third-order valence-electron chi connectivity index (χ3n) is 3.08. The van der Waals surface area contributed by atoms with E-state index in [1.54, 1.807) is 0 Å². The van der Waals surface area contributed by atoms with E-state index in [1.807, 2.05) is 0 Å². The molecule has 3 heteroatoms. The zero-order valence-electron chi connectivity index (χ0n) is 10.0. The Morgan fingerprint density at radius 1 is 1.20 bits per heavy atom. The van der Waals surface area contributed by atoms with Crippen LogP contribution < -0.4 is 5.32 Å². The molecule has 0 fully saturated rings. The maximum absolute atomic E-state index is 4.70. The third-order valence-corrected chi connectivity index (χ3v) is 3.08. The van der Waals surface area contributed by atoms with E-state index in [0.717, 1.165) is 19.6 Å². The molecule has 0 saturated carbocycles. The number of aromatic nitrogens is 1. The molecule has 82 valence electrons. The summed E-state index contributed by atoms with van der Waals surface area (Å²) >= 11 is 0. The Hall–Kier alpha value is -0.930. The van der Waals surface area contributed by atoms with Crippen LogP contribution in [0, 0.1) is 13.8 Å². The highest BCUT2D eigenvalue weighted by Gasteiger charge is 2.19. The summed E-state index contributed by atoms with van der Waals surface area (Å²) in [4.78, 5) is 6.88. The molecule has 0 aliphatic carbocycles. The number of nitrogens with zero attached hydrogens (tertiary/aromatic N) is 2. The topological polar surface area (TPSA) is 28.2 Å². The molecule has 0 bridgehead atoms. The number of rotatable bonds is 2. The number of pyridine rings is 1. The second-order valence-corrected chi connectivity index (χ2v) is 4.57. The first kappa shape index (κ1) is 10.6. The Bertz CT molecular complexity index is 383. The highest BCUT2D eigenvalue weighted by molar-refractivity contribution is 5.41. The van der Waals surface area contributed by atoms with Gasteiger partial charge in [-0.1, -0.05) is 0 Å². The summed E-state index contributed by atoms with van der Waals surface area (Å²) in [5, 5.41) is 3.41. The van der Waals surface area contributed by atoms with Gasteiger partial charge >= 0.3 is 0 Å². The van der Waals surface area contributed by atoms with Gasteiger partial charge in [0.05, 0.1) is 5.69 Å². The summed E-state index contributed by atoms with van der Waals surface area (Å²) in [7, 11) is 4.18. The van der Waals surface area contributed by atoms with Gasteiger partial charge in [-0.3, -0.25) is 4.98 Å². The molecule has 2 rings (SSSR count). The molecule has 0 amide bonds.